The first-order chi connectivity index (χ1) is 11.4. The normalized spacial score (nSPS) is 11.5. The highest BCUT2D eigenvalue weighted by molar-refractivity contribution is 6.04. The van der Waals surface area contributed by atoms with Gasteiger partial charge in [-0.25, -0.2) is 0 Å². The zero-order valence-corrected chi connectivity index (χ0v) is 14.4. The molecule has 1 atom stereocenters. The Morgan fingerprint density at radius 3 is 1.96 bits per heavy atom. The maximum Gasteiger partial charge on any atom is 0.261 e. The summed E-state index contributed by atoms with van der Waals surface area (Å²) in [6.45, 7) is 6.01. The number of rotatable bonds is 8. The Morgan fingerprint density at radius 2 is 1.46 bits per heavy atom. The molecule has 0 bridgehead atoms. The van der Waals surface area contributed by atoms with E-state index in [1.807, 2.05) is 6.07 Å². The van der Waals surface area contributed by atoms with Gasteiger partial charge in [-0.2, -0.15) is 0 Å². The number of carbonyl (C=O) groups is 3. The molecule has 0 aliphatic carbocycles. The van der Waals surface area contributed by atoms with Gasteiger partial charge in [-0.3, -0.25) is 14.4 Å². The molecule has 132 valence electrons. The SMILES string of the molecule is CCN(CC)C(=O)C(O)C(=O)N(CC)CC(=O)Nc1ccccc1. The lowest BCUT2D eigenvalue weighted by Crippen LogP contribution is -2.50. The molecule has 0 saturated carbocycles. The molecule has 0 saturated heterocycles. The van der Waals surface area contributed by atoms with Crippen molar-refractivity contribution in [2.75, 3.05) is 31.5 Å². The minimum atomic E-state index is -1.78. The molecule has 3 amide bonds. The molecule has 0 fully saturated rings. The van der Waals surface area contributed by atoms with E-state index in [-0.39, 0.29) is 19.0 Å². The zero-order valence-electron chi connectivity index (χ0n) is 14.4. The fourth-order valence-electron chi connectivity index (χ4n) is 2.23. The van der Waals surface area contributed by atoms with Gasteiger partial charge < -0.3 is 20.2 Å². The maximum atomic E-state index is 12.3. The smallest absolute Gasteiger partial charge is 0.261 e. The predicted octanol–water partition coefficient (Wildman–Crippen LogP) is 0.703. The Hall–Kier alpha value is -2.41. The largest absolute Gasteiger partial charge is 0.375 e. The molecule has 1 aromatic rings. The lowest BCUT2D eigenvalue weighted by molar-refractivity contribution is -0.154. The van der Waals surface area contributed by atoms with Crippen LogP contribution in [0, 0.1) is 0 Å². The number of likely N-dealkylation sites (N-methyl/N-ethyl adjacent to an activating group) is 2. The van der Waals surface area contributed by atoms with Crippen LogP contribution in [0.15, 0.2) is 30.3 Å². The van der Waals surface area contributed by atoms with E-state index in [0.29, 0.717) is 18.8 Å². The molecule has 7 nitrogen and oxygen atoms in total. The second kappa shape index (κ2) is 9.67. The average molecular weight is 335 g/mol. The minimum Gasteiger partial charge on any atom is -0.375 e. The van der Waals surface area contributed by atoms with E-state index in [9.17, 15) is 19.5 Å². The fraction of sp³-hybridized carbons (Fsp3) is 0.471. The molecule has 0 aliphatic heterocycles. The highest BCUT2D eigenvalue weighted by Crippen LogP contribution is 2.06. The number of anilines is 1. The summed E-state index contributed by atoms with van der Waals surface area (Å²) in [6.07, 6.45) is -1.78. The maximum absolute atomic E-state index is 12.3. The molecule has 1 rings (SSSR count). The van der Waals surface area contributed by atoms with Crippen molar-refractivity contribution in [3.63, 3.8) is 0 Å². The van der Waals surface area contributed by atoms with Crippen LogP contribution in [-0.2, 0) is 14.4 Å². The van der Waals surface area contributed by atoms with Gasteiger partial charge in [0, 0.05) is 25.3 Å². The van der Waals surface area contributed by atoms with E-state index >= 15 is 0 Å². The molecule has 2 N–H and O–H groups in total. The monoisotopic (exact) mass is 335 g/mol. The van der Waals surface area contributed by atoms with Gasteiger partial charge in [0.25, 0.3) is 11.8 Å². The number of amides is 3. The summed E-state index contributed by atoms with van der Waals surface area (Å²) in [6, 6.07) is 8.85. The van der Waals surface area contributed by atoms with Gasteiger partial charge in [0.2, 0.25) is 12.0 Å². The summed E-state index contributed by atoms with van der Waals surface area (Å²) in [5.74, 6) is -1.80. The Bertz CT molecular complexity index is 558. The van der Waals surface area contributed by atoms with Crippen LogP contribution in [0.2, 0.25) is 0 Å². The quantitative estimate of drug-likeness (QED) is 0.685. The Kier molecular flexibility index (Phi) is 7.91. The highest BCUT2D eigenvalue weighted by atomic mass is 16.3. The third-order valence-corrected chi connectivity index (χ3v) is 3.63. The topological polar surface area (TPSA) is 90.0 Å². The molecule has 0 aromatic heterocycles. The fourth-order valence-corrected chi connectivity index (χ4v) is 2.23. The van der Waals surface area contributed by atoms with Crippen molar-refractivity contribution in [3.8, 4) is 0 Å². The summed E-state index contributed by atoms with van der Waals surface area (Å²) >= 11 is 0. The van der Waals surface area contributed by atoms with Crippen molar-refractivity contribution >= 4 is 23.4 Å². The third-order valence-electron chi connectivity index (χ3n) is 3.63. The van der Waals surface area contributed by atoms with Crippen LogP contribution in [0.5, 0.6) is 0 Å². The third kappa shape index (κ3) is 5.34. The van der Waals surface area contributed by atoms with Crippen molar-refractivity contribution in [3.05, 3.63) is 30.3 Å². The standard InChI is InChI=1S/C17H25N3O4/c1-4-19(5-2)16(23)15(22)17(24)20(6-3)12-14(21)18-13-10-8-7-9-11-13/h7-11,15,22H,4-6,12H2,1-3H3,(H,18,21). The van der Waals surface area contributed by atoms with Gasteiger partial charge in [0.15, 0.2) is 0 Å². The van der Waals surface area contributed by atoms with Gasteiger partial charge >= 0.3 is 0 Å². The molecule has 0 radical (unpaired) electrons. The molecule has 0 spiro atoms. The van der Waals surface area contributed by atoms with Crippen molar-refractivity contribution in [2.45, 2.75) is 26.9 Å². The zero-order chi connectivity index (χ0) is 18.1. The number of hydrogen-bond acceptors (Lipinski definition) is 4. The summed E-state index contributed by atoms with van der Waals surface area (Å²) in [4.78, 5) is 38.9. The second-order valence-corrected chi connectivity index (χ2v) is 5.18. The first-order valence-electron chi connectivity index (χ1n) is 8.05. The number of carbonyl (C=O) groups excluding carboxylic acids is 3. The van der Waals surface area contributed by atoms with Gasteiger partial charge in [0.05, 0.1) is 6.54 Å². The number of aliphatic hydroxyl groups is 1. The van der Waals surface area contributed by atoms with Crippen LogP contribution >= 0.6 is 0 Å². The van der Waals surface area contributed by atoms with Crippen LogP contribution < -0.4 is 5.32 Å². The molecule has 24 heavy (non-hydrogen) atoms. The number of benzene rings is 1. The van der Waals surface area contributed by atoms with Crippen LogP contribution in [0.25, 0.3) is 0 Å². The molecule has 0 aliphatic rings. The highest BCUT2D eigenvalue weighted by Gasteiger charge is 2.31. The van der Waals surface area contributed by atoms with Crippen molar-refractivity contribution in [1.29, 1.82) is 0 Å². The van der Waals surface area contributed by atoms with E-state index in [0.717, 1.165) is 4.90 Å². The first kappa shape index (κ1) is 19.6. The van der Waals surface area contributed by atoms with Crippen LogP contribution in [0.4, 0.5) is 5.69 Å². The van der Waals surface area contributed by atoms with E-state index in [1.165, 1.54) is 4.90 Å². The Balaban J connectivity index is 2.69. The number of aliphatic hydroxyl groups excluding tert-OH is 1. The molecular weight excluding hydrogens is 310 g/mol. The number of hydrogen-bond donors (Lipinski definition) is 2. The molecule has 1 unspecified atom stereocenters. The van der Waals surface area contributed by atoms with Crippen molar-refractivity contribution in [1.82, 2.24) is 9.80 Å². The van der Waals surface area contributed by atoms with Crippen LogP contribution in [0.1, 0.15) is 20.8 Å². The van der Waals surface area contributed by atoms with E-state index in [2.05, 4.69) is 5.32 Å². The van der Waals surface area contributed by atoms with Crippen molar-refractivity contribution < 1.29 is 19.5 Å². The van der Waals surface area contributed by atoms with E-state index in [4.69, 9.17) is 0 Å². The minimum absolute atomic E-state index is 0.212. The lowest BCUT2D eigenvalue weighted by atomic mass is 10.2. The van der Waals surface area contributed by atoms with Gasteiger partial charge in [-0.1, -0.05) is 18.2 Å². The number of para-hydroxylation sites is 1. The van der Waals surface area contributed by atoms with Crippen LogP contribution in [0.3, 0.4) is 0 Å². The lowest BCUT2D eigenvalue weighted by Gasteiger charge is -2.26. The molecular formula is C17H25N3O4. The molecule has 0 heterocycles. The average Bonchev–Trinajstić information content (AvgIpc) is 2.60. The summed E-state index contributed by atoms with van der Waals surface area (Å²) in [5, 5.41) is 12.7. The van der Waals surface area contributed by atoms with Gasteiger partial charge in [0.1, 0.15) is 0 Å². The second-order valence-electron chi connectivity index (χ2n) is 5.18. The first-order valence-corrected chi connectivity index (χ1v) is 8.05. The predicted molar refractivity (Wildman–Crippen MR) is 91.3 cm³/mol. The van der Waals surface area contributed by atoms with E-state index in [1.54, 1.807) is 45.0 Å². The summed E-state index contributed by atoms with van der Waals surface area (Å²) in [7, 11) is 0. The van der Waals surface area contributed by atoms with Crippen molar-refractivity contribution in [2.24, 2.45) is 0 Å². The number of nitrogens with zero attached hydrogens (tertiary/aromatic N) is 2. The summed E-state index contributed by atoms with van der Waals surface area (Å²) < 4.78 is 0. The summed E-state index contributed by atoms with van der Waals surface area (Å²) in [5.41, 5.74) is 0.616. The van der Waals surface area contributed by atoms with Gasteiger partial charge in [-0.15, -0.1) is 0 Å². The molecule has 7 heteroatoms. The van der Waals surface area contributed by atoms with Gasteiger partial charge in [-0.05, 0) is 32.9 Å². The Labute approximate surface area is 142 Å². The number of nitrogens with one attached hydrogen (secondary N) is 1. The van der Waals surface area contributed by atoms with Crippen LogP contribution in [-0.4, -0.2) is 64.9 Å². The Morgan fingerprint density at radius 1 is 0.958 bits per heavy atom. The van der Waals surface area contributed by atoms with E-state index < -0.39 is 17.9 Å². The molecule has 1 aromatic carbocycles.